The van der Waals surface area contributed by atoms with E-state index < -0.39 is 11.2 Å². The number of carbonyl (C=O) groups excluding carboxylic acids is 2. The second-order valence-electron chi connectivity index (χ2n) is 2.41. The zero-order chi connectivity index (χ0) is 10.6. The van der Waals surface area contributed by atoms with Crippen molar-refractivity contribution in [1.82, 2.24) is 15.2 Å². The second kappa shape index (κ2) is 4.75. The Kier molecular flexibility index (Phi) is 3.63. The van der Waals surface area contributed by atoms with E-state index in [9.17, 15) is 9.59 Å². The van der Waals surface area contributed by atoms with E-state index in [2.05, 4.69) is 19.9 Å². The maximum absolute atomic E-state index is 11.2. The van der Waals surface area contributed by atoms with Crippen LogP contribution in [-0.2, 0) is 14.3 Å². The summed E-state index contributed by atoms with van der Waals surface area (Å²) in [6.45, 7) is 1.32. The number of hydrogen-bond donors (Lipinski definition) is 1. The number of Topliss-reactive ketones (excluding diaryl/α,β-unsaturated/α-hetero) is 1. The molecule has 1 aromatic rings. The number of nitrogens with one attached hydrogen (secondary N) is 1. The van der Waals surface area contributed by atoms with E-state index in [0.29, 0.717) is 5.16 Å². The van der Waals surface area contributed by atoms with Crippen molar-refractivity contribution in [2.24, 2.45) is 0 Å². The van der Waals surface area contributed by atoms with Crippen molar-refractivity contribution in [3.8, 4) is 0 Å². The van der Waals surface area contributed by atoms with Crippen LogP contribution in [-0.4, -0.2) is 39.3 Å². The van der Waals surface area contributed by atoms with Gasteiger partial charge in [0.2, 0.25) is 5.16 Å². The number of H-pyrrole nitrogens is 1. The quantitative estimate of drug-likeness (QED) is 0.433. The molecule has 1 rings (SSSR count). The van der Waals surface area contributed by atoms with Gasteiger partial charge in [-0.05, 0) is 6.92 Å². The molecule has 14 heavy (non-hydrogen) atoms. The van der Waals surface area contributed by atoms with Gasteiger partial charge < -0.3 is 4.74 Å². The zero-order valence-corrected chi connectivity index (χ0v) is 8.50. The predicted molar refractivity (Wildman–Crippen MR) is 48.7 cm³/mol. The van der Waals surface area contributed by atoms with Crippen molar-refractivity contribution in [3.05, 3.63) is 6.33 Å². The molecule has 0 bridgehead atoms. The minimum Gasteiger partial charge on any atom is -0.468 e. The molecule has 76 valence electrons. The standard InChI is InChI=1S/C7H9N3O3S/c1-4(11)5(6(12)13-2)14-7-8-3-9-10-7/h3,5H,1-2H3,(H,8,9,10). The van der Waals surface area contributed by atoms with Gasteiger partial charge in [0.05, 0.1) is 7.11 Å². The van der Waals surface area contributed by atoms with Gasteiger partial charge in [-0.1, -0.05) is 11.8 Å². The minimum atomic E-state index is -0.893. The number of methoxy groups -OCH3 is 1. The fourth-order valence-corrected chi connectivity index (χ4v) is 1.55. The smallest absolute Gasteiger partial charge is 0.326 e. The number of rotatable bonds is 4. The molecule has 0 amide bonds. The number of nitrogens with zero attached hydrogens (tertiary/aromatic N) is 2. The third-order valence-electron chi connectivity index (χ3n) is 1.40. The Morgan fingerprint density at radius 2 is 2.36 bits per heavy atom. The Morgan fingerprint density at radius 3 is 2.79 bits per heavy atom. The Labute approximate surface area is 84.4 Å². The molecule has 0 fully saturated rings. The van der Waals surface area contributed by atoms with E-state index in [1.165, 1.54) is 20.4 Å². The highest BCUT2D eigenvalue weighted by Gasteiger charge is 2.26. The lowest BCUT2D eigenvalue weighted by Crippen LogP contribution is -2.26. The number of hydrogen-bond acceptors (Lipinski definition) is 6. The van der Waals surface area contributed by atoms with Gasteiger partial charge in [-0.2, -0.15) is 0 Å². The summed E-state index contributed by atoms with van der Waals surface area (Å²) in [6.07, 6.45) is 1.37. The third-order valence-corrected chi connectivity index (χ3v) is 2.57. The Balaban J connectivity index is 2.70. The Bertz CT molecular complexity index is 325. The molecule has 0 spiro atoms. The fourth-order valence-electron chi connectivity index (χ4n) is 0.763. The van der Waals surface area contributed by atoms with Crippen molar-refractivity contribution in [3.63, 3.8) is 0 Å². The highest BCUT2D eigenvalue weighted by Crippen LogP contribution is 2.20. The lowest BCUT2D eigenvalue weighted by molar-refractivity contribution is -0.142. The predicted octanol–water partition coefficient (Wildman–Crippen LogP) is 0.0274. The first-order chi connectivity index (χ1) is 6.65. The summed E-state index contributed by atoms with van der Waals surface area (Å²) in [7, 11) is 1.23. The average molecular weight is 215 g/mol. The Hall–Kier alpha value is -1.37. The molecule has 0 radical (unpaired) electrons. The van der Waals surface area contributed by atoms with E-state index in [1.54, 1.807) is 0 Å². The van der Waals surface area contributed by atoms with Gasteiger partial charge in [-0.25, -0.2) is 4.98 Å². The number of ether oxygens (including phenoxy) is 1. The molecular formula is C7H9N3O3S. The molecule has 0 aliphatic rings. The van der Waals surface area contributed by atoms with Gasteiger partial charge in [0.25, 0.3) is 0 Å². The van der Waals surface area contributed by atoms with Crippen molar-refractivity contribution in [1.29, 1.82) is 0 Å². The maximum atomic E-state index is 11.2. The molecule has 1 heterocycles. The highest BCUT2D eigenvalue weighted by atomic mass is 32.2. The second-order valence-corrected chi connectivity index (χ2v) is 3.49. The molecule has 1 unspecified atom stereocenters. The molecule has 0 aromatic carbocycles. The molecule has 0 saturated carbocycles. The SMILES string of the molecule is COC(=O)C(Sc1nc[nH]n1)C(C)=O. The van der Waals surface area contributed by atoms with Crippen LogP contribution in [0.1, 0.15) is 6.92 Å². The summed E-state index contributed by atoms with van der Waals surface area (Å²) in [4.78, 5) is 26.0. The molecular weight excluding hydrogens is 206 g/mol. The Morgan fingerprint density at radius 1 is 1.64 bits per heavy atom. The summed E-state index contributed by atoms with van der Waals surface area (Å²) in [5.41, 5.74) is 0. The van der Waals surface area contributed by atoms with Gasteiger partial charge in [-0.15, -0.1) is 5.10 Å². The van der Waals surface area contributed by atoms with E-state index in [0.717, 1.165) is 11.8 Å². The third kappa shape index (κ3) is 2.56. The van der Waals surface area contributed by atoms with Crippen molar-refractivity contribution in [2.75, 3.05) is 7.11 Å². The van der Waals surface area contributed by atoms with Crippen LogP contribution < -0.4 is 0 Å². The monoisotopic (exact) mass is 215 g/mol. The van der Waals surface area contributed by atoms with Crippen LogP contribution in [0.25, 0.3) is 0 Å². The van der Waals surface area contributed by atoms with Crippen LogP contribution >= 0.6 is 11.8 Å². The molecule has 0 aliphatic heterocycles. The number of thioether (sulfide) groups is 1. The number of aromatic amines is 1. The van der Waals surface area contributed by atoms with Crippen molar-refractivity contribution < 1.29 is 14.3 Å². The number of ketones is 1. The van der Waals surface area contributed by atoms with Gasteiger partial charge in [-0.3, -0.25) is 14.7 Å². The van der Waals surface area contributed by atoms with Gasteiger partial charge in [0.1, 0.15) is 6.33 Å². The lowest BCUT2D eigenvalue weighted by Gasteiger charge is -2.07. The average Bonchev–Trinajstić information content (AvgIpc) is 2.65. The molecule has 1 N–H and O–H groups in total. The largest absolute Gasteiger partial charge is 0.468 e. The molecule has 0 aliphatic carbocycles. The first kappa shape index (κ1) is 10.7. The highest BCUT2D eigenvalue weighted by molar-refractivity contribution is 8.01. The summed E-state index contributed by atoms with van der Waals surface area (Å²) in [6, 6.07) is 0. The number of esters is 1. The van der Waals surface area contributed by atoms with Gasteiger partial charge >= 0.3 is 5.97 Å². The summed E-state index contributed by atoms with van der Waals surface area (Å²) in [5.74, 6) is -0.876. The topological polar surface area (TPSA) is 84.9 Å². The molecule has 1 aromatic heterocycles. The van der Waals surface area contributed by atoms with Crippen molar-refractivity contribution in [2.45, 2.75) is 17.3 Å². The zero-order valence-electron chi connectivity index (χ0n) is 7.68. The molecule has 1 atom stereocenters. The van der Waals surface area contributed by atoms with Crippen LogP contribution in [0, 0.1) is 0 Å². The van der Waals surface area contributed by atoms with E-state index in [-0.39, 0.29) is 5.78 Å². The van der Waals surface area contributed by atoms with Gasteiger partial charge in [0, 0.05) is 0 Å². The van der Waals surface area contributed by atoms with Crippen LogP contribution in [0.5, 0.6) is 0 Å². The first-order valence-corrected chi connectivity index (χ1v) is 4.64. The normalized spacial score (nSPS) is 12.1. The van der Waals surface area contributed by atoms with Gasteiger partial charge in [0.15, 0.2) is 11.0 Å². The first-order valence-electron chi connectivity index (χ1n) is 3.76. The number of aromatic nitrogens is 3. The van der Waals surface area contributed by atoms with E-state index >= 15 is 0 Å². The maximum Gasteiger partial charge on any atom is 0.326 e. The summed E-state index contributed by atoms with van der Waals surface area (Å²) >= 11 is 0.959. The summed E-state index contributed by atoms with van der Waals surface area (Å²) < 4.78 is 4.48. The molecule has 6 nitrogen and oxygen atoms in total. The van der Waals surface area contributed by atoms with Crippen LogP contribution in [0.3, 0.4) is 0 Å². The minimum absolute atomic E-state index is 0.286. The molecule has 0 saturated heterocycles. The molecule has 7 heteroatoms. The van der Waals surface area contributed by atoms with Crippen molar-refractivity contribution >= 4 is 23.5 Å². The van der Waals surface area contributed by atoms with E-state index in [4.69, 9.17) is 0 Å². The van der Waals surface area contributed by atoms with Crippen LogP contribution in [0.15, 0.2) is 11.5 Å². The van der Waals surface area contributed by atoms with Crippen LogP contribution in [0.4, 0.5) is 0 Å². The van der Waals surface area contributed by atoms with E-state index in [1.807, 2.05) is 0 Å². The fraction of sp³-hybridized carbons (Fsp3) is 0.429. The lowest BCUT2D eigenvalue weighted by atomic mass is 10.3. The van der Waals surface area contributed by atoms with Crippen LogP contribution in [0.2, 0.25) is 0 Å². The number of carbonyl (C=O) groups is 2. The summed E-state index contributed by atoms with van der Waals surface area (Å²) in [5, 5.41) is 5.66.